The van der Waals surface area contributed by atoms with Crippen LogP contribution in [0.5, 0.6) is 11.5 Å². The summed E-state index contributed by atoms with van der Waals surface area (Å²) in [5.41, 5.74) is 7.29. The minimum Gasteiger partial charge on any atom is -0.493 e. The summed E-state index contributed by atoms with van der Waals surface area (Å²) < 4.78 is 24.0. The smallest absolute Gasteiger partial charge is 0.166 e. The fourth-order valence-electron chi connectivity index (χ4n) is 1.83. The molecule has 100 valence electrons. The van der Waals surface area contributed by atoms with Crippen molar-refractivity contribution in [3.63, 3.8) is 0 Å². The maximum atomic E-state index is 13.1. The van der Waals surface area contributed by atoms with Crippen LogP contribution >= 0.6 is 0 Å². The van der Waals surface area contributed by atoms with Crippen LogP contribution < -0.4 is 15.2 Å². The first-order chi connectivity index (χ1) is 9.24. The van der Waals surface area contributed by atoms with E-state index >= 15 is 0 Å². The van der Waals surface area contributed by atoms with Gasteiger partial charge in [-0.1, -0.05) is 24.3 Å². The van der Waals surface area contributed by atoms with Crippen molar-refractivity contribution in [2.75, 3.05) is 7.11 Å². The minimum absolute atomic E-state index is 0.269. The van der Waals surface area contributed by atoms with Gasteiger partial charge in [-0.25, -0.2) is 4.39 Å². The van der Waals surface area contributed by atoms with Crippen LogP contribution in [0.25, 0.3) is 0 Å². The largest absolute Gasteiger partial charge is 0.493 e. The molecule has 0 atom stereocenters. The Hall–Kier alpha value is -2.07. The van der Waals surface area contributed by atoms with E-state index in [1.807, 2.05) is 12.1 Å². The lowest BCUT2D eigenvalue weighted by molar-refractivity contribution is 0.281. The lowest BCUT2D eigenvalue weighted by Gasteiger charge is -2.14. The van der Waals surface area contributed by atoms with Crippen LogP contribution in [0.2, 0.25) is 0 Å². The molecule has 2 N–H and O–H groups in total. The van der Waals surface area contributed by atoms with Gasteiger partial charge in [0.2, 0.25) is 0 Å². The molecule has 0 fully saturated rings. The van der Waals surface area contributed by atoms with Crippen molar-refractivity contribution in [3.8, 4) is 11.5 Å². The van der Waals surface area contributed by atoms with Crippen LogP contribution in [0.3, 0.4) is 0 Å². The maximum absolute atomic E-state index is 13.1. The van der Waals surface area contributed by atoms with Crippen LogP contribution in [0.1, 0.15) is 11.1 Å². The highest BCUT2D eigenvalue weighted by molar-refractivity contribution is 5.46. The number of halogens is 1. The molecule has 0 aliphatic carbocycles. The third-order valence-corrected chi connectivity index (χ3v) is 2.77. The molecular weight excluding hydrogens is 245 g/mol. The molecule has 2 aromatic rings. The van der Waals surface area contributed by atoms with Crippen molar-refractivity contribution in [1.82, 2.24) is 0 Å². The molecule has 0 saturated heterocycles. The van der Waals surface area contributed by atoms with Gasteiger partial charge in [0.05, 0.1) is 7.11 Å². The fourth-order valence-corrected chi connectivity index (χ4v) is 1.83. The summed E-state index contributed by atoms with van der Waals surface area (Å²) in [6.45, 7) is 0.626. The number of benzene rings is 2. The number of rotatable bonds is 5. The third kappa shape index (κ3) is 3.23. The molecule has 2 aromatic carbocycles. The van der Waals surface area contributed by atoms with Gasteiger partial charge in [0.25, 0.3) is 0 Å². The summed E-state index contributed by atoms with van der Waals surface area (Å²) in [6.07, 6.45) is 0. The first-order valence-electron chi connectivity index (χ1n) is 5.97. The van der Waals surface area contributed by atoms with Crippen molar-refractivity contribution in [2.45, 2.75) is 13.2 Å². The van der Waals surface area contributed by atoms with Crippen LogP contribution in [-0.2, 0) is 13.2 Å². The van der Waals surface area contributed by atoms with Gasteiger partial charge in [-0.2, -0.15) is 0 Å². The van der Waals surface area contributed by atoms with E-state index in [2.05, 4.69) is 0 Å². The molecule has 0 aliphatic rings. The summed E-state index contributed by atoms with van der Waals surface area (Å²) in [5.74, 6) is 0.955. The molecule has 0 saturated carbocycles. The Labute approximate surface area is 111 Å². The fraction of sp³-hybridized carbons (Fsp3) is 0.200. The Morgan fingerprint density at radius 1 is 1.16 bits per heavy atom. The summed E-state index contributed by atoms with van der Waals surface area (Å²) in [4.78, 5) is 0. The zero-order valence-corrected chi connectivity index (χ0v) is 10.7. The molecule has 0 unspecified atom stereocenters. The van der Waals surface area contributed by atoms with Gasteiger partial charge < -0.3 is 15.2 Å². The second kappa shape index (κ2) is 6.20. The molecule has 2 rings (SSSR count). The van der Waals surface area contributed by atoms with E-state index in [0.29, 0.717) is 18.0 Å². The topological polar surface area (TPSA) is 44.5 Å². The van der Waals surface area contributed by atoms with Crippen LogP contribution in [0, 0.1) is 5.82 Å². The zero-order chi connectivity index (χ0) is 13.7. The number of nitrogens with two attached hydrogens (primary N) is 1. The highest BCUT2D eigenvalue weighted by atomic mass is 19.1. The first kappa shape index (κ1) is 13.4. The highest BCUT2D eigenvalue weighted by Crippen LogP contribution is 2.31. The van der Waals surface area contributed by atoms with E-state index in [-0.39, 0.29) is 12.4 Å². The molecule has 0 aromatic heterocycles. The summed E-state index contributed by atoms with van der Waals surface area (Å²) >= 11 is 0. The Kier molecular flexibility index (Phi) is 4.36. The molecular formula is C15H16FNO2. The molecule has 0 heterocycles. The zero-order valence-electron chi connectivity index (χ0n) is 10.7. The second-order valence-electron chi connectivity index (χ2n) is 4.07. The van der Waals surface area contributed by atoms with Crippen molar-refractivity contribution in [2.24, 2.45) is 5.73 Å². The van der Waals surface area contributed by atoms with Crippen molar-refractivity contribution in [3.05, 3.63) is 59.4 Å². The van der Waals surface area contributed by atoms with E-state index in [1.54, 1.807) is 25.3 Å². The number of ether oxygens (including phenoxy) is 2. The summed E-state index contributed by atoms with van der Waals surface area (Å²) in [7, 11) is 1.57. The standard InChI is InChI=1S/C15H16FNO2/c1-18-14-7-3-5-12(9-17)15(14)19-10-11-4-2-6-13(16)8-11/h2-8H,9-10,17H2,1H3. The molecule has 0 bridgehead atoms. The number of methoxy groups -OCH3 is 1. The molecule has 19 heavy (non-hydrogen) atoms. The Morgan fingerprint density at radius 3 is 2.63 bits per heavy atom. The second-order valence-corrected chi connectivity index (χ2v) is 4.07. The average Bonchev–Trinajstić information content (AvgIpc) is 2.44. The lowest BCUT2D eigenvalue weighted by Crippen LogP contribution is -2.04. The molecule has 0 radical (unpaired) electrons. The summed E-state index contributed by atoms with van der Waals surface area (Å²) in [5, 5.41) is 0. The van der Waals surface area contributed by atoms with Gasteiger partial charge in [-0.05, 0) is 23.8 Å². The van der Waals surface area contributed by atoms with Crippen LogP contribution in [0.15, 0.2) is 42.5 Å². The molecule has 4 heteroatoms. The monoisotopic (exact) mass is 261 g/mol. The maximum Gasteiger partial charge on any atom is 0.166 e. The SMILES string of the molecule is COc1cccc(CN)c1OCc1cccc(F)c1. The predicted molar refractivity (Wildman–Crippen MR) is 71.6 cm³/mol. The average molecular weight is 261 g/mol. The Bertz CT molecular complexity index is 535. The Morgan fingerprint density at radius 2 is 1.95 bits per heavy atom. The van der Waals surface area contributed by atoms with Gasteiger partial charge >= 0.3 is 0 Å². The third-order valence-electron chi connectivity index (χ3n) is 2.77. The normalized spacial score (nSPS) is 10.3. The molecule has 3 nitrogen and oxygen atoms in total. The van der Waals surface area contributed by atoms with Crippen molar-refractivity contribution >= 4 is 0 Å². The quantitative estimate of drug-likeness (QED) is 0.900. The lowest BCUT2D eigenvalue weighted by atomic mass is 10.2. The van der Waals surface area contributed by atoms with Crippen LogP contribution in [-0.4, -0.2) is 7.11 Å². The van der Waals surface area contributed by atoms with Crippen LogP contribution in [0.4, 0.5) is 4.39 Å². The van der Waals surface area contributed by atoms with E-state index < -0.39 is 0 Å². The van der Waals surface area contributed by atoms with E-state index in [0.717, 1.165) is 11.1 Å². The van der Waals surface area contributed by atoms with Gasteiger partial charge in [-0.15, -0.1) is 0 Å². The van der Waals surface area contributed by atoms with Crippen molar-refractivity contribution in [1.29, 1.82) is 0 Å². The number of hydrogen-bond donors (Lipinski definition) is 1. The summed E-state index contributed by atoms with van der Waals surface area (Å²) in [6, 6.07) is 11.8. The predicted octanol–water partition coefficient (Wildman–Crippen LogP) is 2.87. The van der Waals surface area contributed by atoms with E-state index in [9.17, 15) is 4.39 Å². The van der Waals surface area contributed by atoms with E-state index in [1.165, 1.54) is 12.1 Å². The molecule has 0 amide bonds. The Balaban J connectivity index is 2.19. The van der Waals surface area contributed by atoms with Gasteiger partial charge in [-0.3, -0.25) is 0 Å². The highest BCUT2D eigenvalue weighted by Gasteiger charge is 2.09. The van der Waals surface area contributed by atoms with Crippen molar-refractivity contribution < 1.29 is 13.9 Å². The first-order valence-corrected chi connectivity index (χ1v) is 5.97. The van der Waals surface area contributed by atoms with Gasteiger partial charge in [0, 0.05) is 12.1 Å². The number of para-hydroxylation sites is 1. The molecule has 0 aliphatic heterocycles. The van der Waals surface area contributed by atoms with Gasteiger partial charge in [0.1, 0.15) is 12.4 Å². The number of hydrogen-bond acceptors (Lipinski definition) is 3. The minimum atomic E-state index is -0.278. The van der Waals surface area contributed by atoms with E-state index in [4.69, 9.17) is 15.2 Å². The molecule has 0 spiro atoms. The van der Waals surface area contributed by atoms with Gasteiger partial charge in [0.15, 0.2) is 11.5 Å².